The quantitative estimate of drug-likeness (QED) is 0.835. The second-order valence-corrected chi connectivity index (χ2v) is 4.11. The first-order chi connectivity index (χ1) is 7.19. The van der Waals surface area contributed by atoms with Crippen molar-refractivity contribution in [3.63, 3.8) is 0 Å². The summed E-state index contributed by atoms with van der Waals surface area (Å²) < 4.78 is 0. The summed E-state index contributed by atoms with van der Waals surface area (Å²) in [6.45, 7) is 6.59. The van der Waals surface area contributed by atoms with E-state index in [-0.39, 0.29) is 5.41 Å². The normalized spacial score (nSPS) is 12.2. The van der Waals surface area contributed by atoms with Crippen molar-refractivity contribution in [2.75, 3.05) is 0 Å². The fraction of sp³-hybridized carbons (Fsp3) is 0.545. The van der Waals surface area contributed by atoms with Gasteiger partial charge >= 0.3 is 0 Å². The van der Waals surface area contributed by atoms with Gasteiger partial charge < -0.3 is 4.98 Å². The lowest BCUT2D eigenvalue weighted by atomic mass is 9.84. The molecule has 0 bridgehead atoms. The number of H-pyrrole nitrogens is 1. The number of nitrogens with zero attached hydrogens (tertiary/aromatic N) is 3. The summed E-state index contributed by atoms with van der Waals surface area (Å²) in [4.78, 5) is 15.9. The number of rotatable bonds is 3. The molecule has 2 aromatic rings. The van der Waals surface area contributed by atoms with Crippen molar-refractivity contribution in [1.29, 1.82) is 0 Å². The van der Waals surface area contributed by atoms with Crippen molar-refractivity contribution in [2.45, 2.75) is 39.0 Å². The minimum Gasteiger partial charge on any atom is -0.339 e. The predicted molar refractivity (Wildman–Crippen MR) is 59.6 cm³/mol. The van der Waals surface area contributed by atoms with E-state index in [1.807, 2.05) is 0 Å². The van der Waals surface area contributed by atoms with Crippen LogP contribution in [0, 0.1) is 0 Å². The van der Waals surface area contributed by atoms with Crippen LogP contribution in [0.4, 0.5) is 0 Å². The molecule has 0 saturated heterocycles. The number of aromatic nitrogens is 4. The number of imidazole rings is 1. The van der Waals surface area contributed by atoms with Gasteiger partial charge in [-0.3, -0.25) is 0 Å². The SMILES string of the molecule is CCC(C)(CC)c1nc2ncncc2[nH]1. The van der Waals surface area contributed by atoms with Crippen molar-refractivity contribution in [3.05, 3.63) is 18.3 Å². The van der Waals surface area contributed by atoms with Crippen molar-refractivity contribution in [1.82, 2.24) is 19.9 Å². The standard InChI is InChI=1S/C11H16N4/c1-4-11(3,5-2)10-14-8-6-12-7-13-9(8)15-10/h6-7H,4-5H2,1-3H3,(H,12,13,14,15). The fourth-order valence-electron chi connectivity index (χ4n) is 1.63. The van der Waals surface area contributed by atoms with Crippen LogP contribution in [0.25, 0.3) is 11.2 Å². The van der Waals surface area contributed by atoms with E-state index in [2.05, 4.69) is 40.7 Å². The number of aromatic amines is 1. The molecule has 0 aliphatic carbocycles. The first kappa shape index (κ1) is 10.1. The van der Waals surface area contributed by atoms with Crippen LogP contribution in [0.5, 0.6) is 0 Å². The second-order valence-electron chi connectivity index (χ2n) is 4.11. The molecule has 0 saturated carbocycles. The zero-order valence-electron chi connectivity index (χ0n) is 9.41. The van der Waals surface area contributed by atoms with Gasteiger partial charge in [0, 0.05) is 5.41 Å². The third-order valence-electron chi connectivity index (χ3n) is 3.29. The van der Waals surface area contributed by atoms with E-state index in [0.717, 1.165) is 29.8 Å². The monoisotopic (exact) mass is 204 g/mol. The maximum Gasteiger partial charge on any atom is 0.180 e. The molecule has 0 amide bonds. The van der Waals surface area contributed by atoms with Crippen LogP contribution >= 0.6 is 0 Å². The van der Waals surface area contributed by atoms with E-state index in [1.54, 1.807) is 6.20 Å². The van der Waals surface area contributed by atoms with E-state index in [0.29, 0.717) is 0 Å². The Hall–Kier alpha value is -1.45. The highest BCUT2D eigenvalue weighted by Crippen LogP contribution is 2.29. The number of hydrogen-bond acceptors (Lipinski definition) is 3. The van der Waals surface area contributed by atoms with E-state index >= 15 is 0 Å². The topological polar surface area (TPSA) is 54.5 Å². The van der Waals surface area contributed by atoms with E-state index in [9.17, 15) is 0 Å². The molecule has 2 rings (SSSR count). The average molecular weight is 204 g/mol. The molecule has 4 nitrogen and oxygen atoms in total. The van der Waals surface area contributed by atoms with Gasteiger partial charge in [0.25, 0.3) is 0 Å². The minimum absolute atomic E-state index is 0.112. The molecule has 80 valence electrons. The van der Waals surface area contributed by atoms with Crippen LogP contribution in [-0.4, -0.2) is 19.9 Å². The fourth-order valence-corrected chi connectivity index (χ4v) is 1.63. The van der Waals surface area contributed by atoms with Crippen molar-refractivity contribution in [2.24, 2.45) is 0 Å². The molecule has 4 heteroatoms. The summed E-state index contributed by atoms with van der Waals surface area (Å²) in [6, 6.07) is 0. The highest BCUT2D eigenvalue weighted by molar-refractivity contribution is 5.69. The third-order valence-corrected chi connectivity index (χ3v) is 3.29. The second kappa shape index (κ2) is 3.61. The molecular formula is C11H16N4. The Bertz CT molecular complexity index is 423. The van der Waals surface area contributed by atoms with E-state index < -0.39 is 0 Å². The van der Waals surface area contributed by atoms with Gasteiger partial charge in [-0.2, -0.15) is 0 Å². The first-order valence-electron chi connectivity index (χ1n) is 5.36. The van der Waals surface area contributed by atoms with Gasteiger partial charge in [0.1, 0.15) is 17.7 Å². The molecular weight excluding hydrogens is 188 g/mol. The summed E-state index contributed by atoms with van der Waals surface area (Å²) in [5.74, 6) is 1.02. The summed E-state index contributed by atoms with van der Waals surface area (Å²) in [7, 11) is 0. The molecule has 15 heavy (non-hydrogen) atoms. The molecule has 0 radical (unpaired) electrons. The van der Waals surface area contributed by atoms with Gasteiger partial charge in [-0.25, -0.2) is 15.0 Å². The van der Waals surface area contributed by atoms with Gasteiger partial charge in [-0.1, -0.05) is 20.8 Å². The van der Waals surface area contributed by atoms with Gasteiger partial charge in [0.2, 0.25) is 0 Å². The van der Waals surface area contributed by atoms with Crippen LogP contribution in [-0.2, 0) is 5.41 Å². The average Bonchev–Trinajstić information content (AvgIpc) is 2.72. The zero-order chi connectivity index (χ0) is 10.9. The highest BCUT2D eigenvalue weighted by Gasteiger charge is 2.26. The van der Waals surface area contributed by atoms with Gasteiger partial charge in [0.05, 0.1) is 6.20 Å². The molecule has 0 unspecified atom stereocenters. The van der Waals surface area contributed by atoms with Crippen LogP contribution in [0.2, 0.25) is 0 Å². The summed E-state index contributed by atoms with van der Waals surface area (Å²) in [5.41, 5.74) is 1.79. The number of fused-ring (bicyclic) bond motifs is 1. The van der Waals surface area contributed by atoms with Crippen molar-refractivity contribution >= 4 is 11.2 Å². The molecule has 0 fully saturated rings. The molecule has 0 spiro atoms. The van der Waals surface area contributed by atoms with E-state index in [1.165, 1.54) is 6.33 Å². The number of hydrogen-bond donors (Lipinski definition) is 1. The molecule has 0 aliphatic heterocycles. The molecule has 0 atom stereocenters. The molecule has 0 aromatic carbocycles. The van der Waals surface area contributed by atoms with Crippen LogP contribution < -0.4 is 0 Å². The number of nitrogens with one attached hydrogen (secondary N) is 1. The predicted octanol–water partition coefficient (Wildman–Crippen LogP) is 2.43. The Balaban J connectivity index is 2.52. The van der Waals surface area contributed by atoms with Gasteiger partial charge in [0.15, 0.2) is 5.65 Å². The van der Waals surface area contributed by atoms with Crippen LogP contribution in [0.1, 0.15) is 39.4 Å². The van der Waals surface area contributed by atoms with Crippen LogP contribution in [0.15, 0.2) is 12.5 Å². The minimum atomic E-state index is 0.112. The third kappa shape index (κ3) is 1.60. The largest absolute Gasteiger partial charge is 0.339 e. The van der Waals surface area contributed by atoms with Crippen molar-refractivity contribution < 1.29 is 0 Å². The molecule has 1 N–H and O–H groups in total. The Morgan fingerprint density at radius 1 is 1.33 bits per heavy atom. The highest BCUT2D eigenvalue weighted by atomic mass is 15.0. The summed E-state index contributed by atoms with van der Waals surface area (Å²) >= 11 is 0. The Morgan fingerprint density at radius 3 is 2.67 bits per heavy atom. The molecule has 2 heterocycles. The Kier molecular flexibility index (Phi) is 2.42. The molecule has 0 aliphatic rings. The molecule has 2 aromatic heterocycles. The maximum atomic E-state index is 4.52. The maximum absolute atomic E-state index is 4.52. The summed E-state index contributed by atoms with van der Waals surface area (Å²) in [5, 5.41) is 0. The Labute approximate surface area is 89.2 Å². The van der Waals surface area contributed by atoms with E-state index in [4.69, 9.17) is 0 Å². The first-order valence-corrected chi connectivity index (χ1v) is 5.36. The smallest absolute Gasteiger partial charge is 0.180 e. The summed E-state index contributed by atoms with van der Waals surface area (Å²) in [6.07, 6.45) is 5.43. The lowest BCUT2D eigenvalue weighted by Gasteiger charge is -2.23. The van der Waals surface area contributed by atoms with Crippen LogP contribution in [0.3, 0.4) is 0 Å². The Morgan fingerprint density at radius 2 is 2.07 bits per heavy atom. The zero-order valence-corrected chi connectivity index (χ0v) is 9.41. The van der Waals surface area contributed by atoms with Gasteiger partial charge in [-0.05, 0) is 12.8 Å². The van der Waals surface area contributed by atoms with Crippen molar-refractivity contribution in [3.8, 4) is 0 Å². The lowest BCUT2D eigenvalue weighted by molar-refractivity contribution is 0.416. The lowest BCUT2D eigenvalue weighted by Crippen LogP contribution is -2.21. The van der Waals surface area contributed by atoms with Gasteiger partial charge in [-0.15, -0.1) is 0 Å².